The second-order valence-corrected chi connectivity index (χ2v) is 8.47. The molecule has 0 atom stereocenters. The zero-order chi connectivity index (χ0) is 22.0. The van der Waals surface area contributed by atoms with Gasteiger partial charge in [-0.15, -0.1) is 0 Å². The SMILES string of the molecule is COC1CCN(c2ncc(CC(=O)c3cnn(-c4ccc(Cl)cc4)c3C)cc2C)CC1. The molecule has 31 heavy (non-hydrogen) atoms. The predicted octanol–water partition coefficient (Wildman–Crippen LogP) is 4.58. The fraction of sp³-hybridized carbons (Fsp3) is 0.375. The van der Waals surface area contributed by atoms with Gasteiger partial charge < -0.3 is 9.64 Å². The summed E-state index contributed by atoms with van der Waals surface area (Å²) in [6.45, 7) is 5.84. The second kappa shape index (κ2) is 9.20. The first-order valence-electron chi connectivity index (χ1n) is 10.5. The van der Waals surface area contributed by atoms with Crippen LogP contribution in [-0.4, -0.2) is 46.9 Å². The number of rotatable bonds is 6. The minimum absolute atomic E-state index is 0.0348. The van der Waals surface area contributed by atoms with Crippen molar-refractivity contribution in [1.29, 1.82) is 0 Å². The second-order valence-electron chi connectivity index (χ2n) is 8.04. The van der Waals surface area contributed by atoms with E-state index >= 15 is 0 Å². The van der Waals surface area contributed by atoms with Gasteiger partial charge in [0, 0.05) is 37.8 Å². The highest BCUT2D eigenvalue weighted by Crippen LogP contribution is 2.24. The van der Waals surface area contributed by atoms with Crippen LogP contribution in [0.2, 0.25) is 5.02 Å². The molecular weight excluding hydrogens is 412 g/mol. The zero-order valence-electron chi connectivity index (χ0n) is 18.1. The molecule has 0 aliphatic carbocycles. The van der Waals surface area contributed by atoms with Crippen LogP contribution in [0, 0.1) is 13.8 Å². The van der Waals surface area contributed by atoms with E-state index in [-0.39, 0.29) is 5.78 Å². The van der Waals surface area contributed by atoms with Crippen LogP contribution in [-0.2, 0) is 11.2 Å². The molecule has 3 heterocycles. The molecule has 1 fully saturated rings. The number of aromatic nitrogens is 3. The van der Waals surface area contributed by atoms with Crippen molar-refractivity contribution in [2.75, 3.05) is 25.1 Å². The third-order valence-electron chi connectivity index (χ3n) is 5.93. The Balaban J connectivity index is 1.47. The first-order chi connectivity index (χ1) is 15.0. The molecule has 0 N–H and O–H groups in total. The van der Waals surface area contributed by atoms with Crippen LogP contribution in [0.25, 0.3) is 5.69 Å². The summed E-state index contributed by atoms with van der Waals surface area (Å²) < 4.78 is 7.22. The number of aryl methyl sites for hydroxylation is 1. The van der Waals surface area contributed by atoms with Crippen molar-refractivity contribution in [3.05, 3.63) is 70.1 Å². The maximum absolute atomic E-state index is 13.0. The van der Waals surface area contributed by atoms with Gasteiger partial charge in [-0.05, 0) is 62.1 Å². The van der Waals surface area contributed by atoms with Gasteiger partial charge in [0.25, 0.3) is 0 Å². The Morgan fingerprint density at radius 2 is 1.87 bits per heavy atom. The summed E-state index contributed by atoms with van der Waals surface area (Å²) in [7, 11) is 1.77. The monoisotopic (exact) mass is 438 g/mol. The molecule has 0 bridgehead atoms. The van der Waals surface area contributed by atoms with Gasteiger partial charge in [-0.2, -0.15) is 5.10 Å². The van der Waals surface area contributed by atoms with Gasteiger partial charge in [0.15, 0.2) is 5.78 Å². The third-order valence-corrected chi connectivity index (χ3v) is 6.18. The summed E-state index contributed by atoms with van der Waals surface area (Å²) in [4.78, 5) is 20.0. The van der Waals surface area contributed by atoms with Crippen LogP contribution < -0.4 is 4.90 Å². The Morgan fingerprint density at radius 3 is 2.52 bits per heavy atom. The Bertz CT molecular complexity index is 1070. The van der Waals surface area contributed by atoms with Crippen molar-refractivity contribution < 1.29 is 9.53 Å². The van der Waals surface area contributed by atoms with Crippen LogP contribution in [0.1, 0.15) is 40.0 Å². The summed E-state index contributed by atoms with van der Waals surface area (Å²) in [5.41, 5.74) is 4.32. The highest BCUT2D eigenvalue weighted by molar-refractivity contribution is 6.30. The van der Waals surface area contributed by atoms with Gasteiger partial charge >= 0.3 is 0 Å². The lowest BCUT2D eigenvalue weighted by atomic mass is 10.0. The third kappa shape index (κ3) is 4.65. The number of carbonyl (C=O) groups is 1. The molecule has 4 rings (SSSR count). The maximum Gasteiger partial charge on any atom is 0.170 e. The molecule has 3 aromatic rings. The number of ether oxygens (including phenoxy) is 1. The molecule has 0 amide bonds. The van der Waals surface area contributed by atoms with Crippen LogP contribution >= 0.6 is 11.6 Å². The number of piperidine rings is 1. The van der Waals surface area contributed by atoms with Gasteiger partial charge in [-0.3, -0.25) is 4.79 Å². The van der Waals surface area contributed by atoms with E-state index in [1.54, 1.807) is 18.0 Å². The molecule has 1 aliphatic rings. The molecule has 162 valence electrons. The van der Waals surface area contributed by atoms with Crippen molar-refractivity contribution in [1.82, 2.24) is 14.8 Å². The van der Waals surface area contributed by atoms with Gasteiger partial charge in [0.1, 0.15) is 5.82 Å². The Kier molecular flexibility index (Phi) is 6.39. The molecule has 0 unspecified atom stereocenters. The minimum atomic E-state index is 0.0348. The number of hydrogen-bond donors (Lipinski definition) is 0. The maximum atomic E-state index is 13.0. The van der Waals surface area contributed by atoms with E-state index in [0.717, 1.165) is 54.3 Å². The van der Waals surface area contributed by atoms with E-state index in [0.29, 0.717) is 23.1 Å². The average Bonchev–Trinajstić information content (AvgIpc) is 3.16. The van der Waals surface area contributed by atoms with Crippen molar-refractivity contribution >= 4 is 23.2 Å². The number of benzene rings is 1. The largest absolute Gasteiger partial charge is 0.381 e. The number of ketones is 1. The van der Waals surface area contributed by atoms with Crippen LogP contribution in [0.5, 0.6) is 0 Å². The summed E-state index contributed by atoms with van der Waals surface area (Å²) >= 11 is 5.97. The number of hydrogen-bond acceptors (Lipinski definition) is 5. The fourth-order valence-corrected chi connectivity index (χ4v) is 4.29. The van der Waals surface area contributed by atoms with E-state index in [9.17, 15) is 4.79 Å². The summed E-state index contributed by atoms with van der Waals surface area (Å²) in [5, 5.41) is 5.07. The molecule has 6 nitrogen and oxygen atoms in total. The number of anilines is 1. The predicted molar refractivity (Wildman–Crippen MR) is 123 cm³/mol. The number of Topliss-reactive ketones (excluding diaryl/α,β-unsaturated/α-hetero) is 1. The highest BCUT2D eigenvalue weighted by Gasteiger charge is 2.21. The smallest absolute Gasteiger partial charge is 0.170 e. The van der Waals surface area contributed by atoms with Crippen LogP contribution in [0.4, 0.5) is 5.82 Å². The van der Waals surface area contributed by atoms with Gasteiger partial charge in [0.05, 0.1) is 29.2 Å². The number of nitrogens with zero attached hydrogens (tertiary/aromatic N) is 4. The molecule has 1 aliphatic heterocycles. The van der Waals surface area contributed by atoms with Crippen LogP contribution in [0.15, 0.2) is 42.7 Å². The number of carbonyl (C=O) groups excluding carboxylic acids is 1. The van der Waals surface area contributed by atoms with Crippen LogP contribution in [0.3, 0.4) is 0 Å². The van der Waals surface area contributed by atoms with Gasteiger partial charge in [-0.1, -0.05) is 17.7 Å². The van der Waals surface area contributed by atoms with Gasteiger partial charge in [-0.25, -0.2) is 9.67 Å². The molecular formula is C24H27ClN4O2. The molecule has 7 heteroatoms. The number of methoxy groups -OCH3 is 1. The lowest BCUT2D eigenvalue weighted by Gasteiger charge is -2.33. The molecule has 0 spiro atoms. The minimum Gasteiger partial charge on any atom is -0.381 e. The lowest BCUT2D eigenvalue weighted by molar-refractivity contribution is 0.0817. The Hall–Kier alpha value is -2.70. The van der Waals surface area contributed by atoms with Crippen molar-refractivity contribution in [2.24, 2.45) is 0 Å². The standard InChI is InChI=1S/C24H27ClN4O2/c1-16-12-18(14-26-24(16)28-10-8-21(31-3)9-11-28)13-23(30)22-15-27-29(17(22)2)20-6-4-19(25)5-7-20/h4-7,12,14-15,21H,8-11,13H2,1-3H3. The summed E-state index contributed by atoms with van der Waals surface area (Å²) in [6, 6.07) is 9.47. The van der Waals surface area contributed by atoms with E-state index in [1.165, 1.54) is 0 Å². The molecule has 2 aromatic heterocycles. The first-order valence-corrected chi connectivity index (χ1v) is 10.9. The number of halogens is 1. The highest BCUT2D eigenvalue weighted by atomic mass is 35.5. The van der Waals surface area contributed by atoms with Gasteiger partial charge in [0.2, 0.25) is 0 Å². The summed E-state index contributed by atoms with van der Waals surface area (Å²) in [6.07, 6.45) is 6.12. The Morgan fingerprint density at radius 1 is 1.16 bits per heavy atom. The summed E-state index contributed by atoms with van der Waals surface area (Å²) in [5.74, 6) is 1.03. The molecule has 1 aromatic carbocycles. The molecule has 0 radical (unpaired) electrons. The van der Waals surface area contributed by atoms with E-state index in [1.807, 2.05) is 37.4 Å². The van der Waals surface area contributed by atoms with E-state index in [4.69, 9.17) is 16.3 Å². The quantitative estimate of drug-likeness (QED) is 0.527. The molecule has 1 saturated heterocycles. The average molecular weight is 439 g/mol. The molecule has 0 saturated carbocycles. The van der Waals surface area contributed by atoms with E-state index in [2.05, 4.69) is 28.0 Å². The normalized spacial score (nSPS) is 14.8. The topological polar surface area (TPSA) is 60.2 Å². The fourth-order valence-electron chi connectivity index (χ4n) is 4.16. The Labute approximate surface area is 187 Å². The van der Waals surface area contributed by atoms with Crippen molar-refractivity contribution in [3.63, 3.8) is 0 Å². The first kappa shape index (κ1) is 21.5. The number of pyridine rings is 1. The lowest BCUT2D eigenvalue weighted by Crippen LogP contribution is -2.37. The van der Waals surface area contributed by atoms with Crippen molar-refractivity contribution in [2.45, 2.75) is 39.2 Å². The van der Waals surface area contributed by atoms with Crippen molar-refractivity contribution in [3.8, 4) is 5.69 Å². The zero-order valence-corrected chi connectivity index (χ0v) is 18.9. The van der Waals surface area contributed by atoms with E-state index < -0.39 is 0 Å².